The second kappa shape index (κ2) is 4.69. The van der Waals surface area contributed by atoms with Crippen molar-refractivity contribution in [2.75, 3.05) is 13.1 Å². The van der Waals surface area contributed by atoms with Crippen LogP contribution in [0.25, 0.3) is 0 Å². The SMILES string of the molecule is CC(C(=O)O)C1CN(C(=O)NC(C2CC2)C2CC2)C1. The van der Waals surface area contributed by atoms with Gasteiger partial charge in [0.1, 0.15) is 0 Å². The first-order valence-electron chi connectivity index (χ1n) is 7.34. The summed E-state index contributed by atoms with van der Waals surface area (Å²) in [6, 6.07) is 0.390. The van der Waals surface area contributed by atoms with E-state index in [-0.39, 0.29) is 17.9 Å². The molecule has 0 aromatic heterocycles. The van der Waals surface area contributed by atoms with Gasteiger partial charge in [-0.05, 0) is 37.5 Å². The zero-order valence-electron chi connectivity index (χ0n) is 11.3. The first-order valence-corrected chi connectivity index (χ1v) is 7.34. The number of nitrogens with one attached hydrogen (secondary N) is 1. The molecule has 2 saturated carbocycles. The molecule has 1 aliphatic heterocycles. The Hall–Kier alpha value is -1.26. The van der Waals surface area contributed by atoms with Crippen molar-refractivity contribution in [2.45, 2.75) is 38.6 Å². The number of urea groups is 1. The molecule has 0 aromatic rings. The van der Waals surface area contributed by atoms with Crippen molar-refractivity contribution < 1.29 is 14.7 Å². The van der Waals surface area contributed by atoms with Crippen LogP contribution in [0.15, 0.2) is 0 Å². The van der Waals surface area contributed by atoms with E-state index in [1.807, 2.05) is 0 Å². The van der Waals surface area contributed by atoms with Gasteiger partial charge in [0.15, 0.2) is 0 Å². The second-order valence-corrected chi connectivity index (χ2v) is 6.44. The van der Waals surface area contributed by atoms with Gasteiger partial charge >= 0.3 is 12.0 Å². The Labute approximate surface area is 113 Å². The third-order valence-corrected chi connectivity index (χ3v) is 4.84. The Kier molecular flexibility index (Phi) is 3.15. The minimum atomic E-state index is -0.765. The van der Waals surface area contributed by atoms with E-state index in [2.05, 4.69) is 5.32 Å². The molecule has 1 unspecified atom stereocenters. The summed E-state index contributed by atoms with van der Waals surface area (Å²) in [6.45, 7) is 2.89. The fourth-order valence-corrected chi connectivity index (χ4v) is 2.96. The Morgan fingerprint density at radius 1 is 1.11 bits per heavy atom. The van der Waals surface area contributed by atoms with Gasteiger partial charge in [-0.1, -0.05) is 6.92 Å². The van der Waals surface area contributed by atoms with Crippen LogP contribution < -0.4 is 5.32 Å². The van der Waals surface area contributed by atoms with E-state index in [4.69, 9.17) is 5.11 Å². The highest BCUT2D eigenvalue weighted by molar-refractivity contribution is 5.76. The van der Waals surface area contributed by atoms with E-state index >= 15 is 0 Å². The number of aliphatic carboxylic acids is 1. The number of carbonyl (C=O) groups is 2. The maximum atomic E-state index is 12.1. The molecule has 0 aromatic carbocycles. The topological polar surface area (TPSA) is 69.6 Å². The molecule has 1 atom stereocenters. The van der Waals surface area contributed by atoms with Gasteiger partial charge in [0.05, 0.1) is 5.92 Å². The number of hydrogen-bond acceptors (Lipinski definition) is 2. The zero-order chi connectivity index (χ0) is 13.6. The maximum Gasteiger partial charge on any atom is 0.317 e. The molecule has 1 saturated heterocycles. The molecule has 2 N–H and O–H groups in total. The van der Waals surface area contributed by atoms with Crippen LogP contribution in [0.5, 0.6) is 0 Å². The number of nitrogens with zero attached hydrogens (tertiary/aromatic N) is 1. The van der Waals surface area contributed by atoms with Crippen LogP contribution in [-0.4, -0.2) is 41.1 Å². The Balaban J connectivity index is 1.46. The molecule has 106 valence electrons. The summed E-state index contributed by atoms with van der Waals surface area (Å²) in [5.74, 6) is 0.395. The summed E-state index contributed by atoms with van der Waals surface area (Å²) < 4.78 is 0. The highest BCUT2D eigenvalue weighted by atomic mass is 16.4. The molecule has 5 nitrogen and oxygen atoms in total. The fourth-order valence-electron chi connectivity index (χ4n) is 2.96. The third-order valence-electron chi connectivity index (χ3n) is 4.84. The van der Waals surface area contributed by atoms with Crippen LogP contribution in [0, 0.1) is 23.7 Å². The quantitative estimate of drug-likeness (QED) is 0.793. The van der Waals surface area contributed by atoms with Crippen molar-refractivity contribution in [3.05, 3.63) is 0 Å². The van der Waals surface area contributed by atoms with Crippen LogP contribution in [0.3, 0.4) is 0 Å². The molecular formula is C14H22N2O3. The third kappa shape index (κ3) is 2.69. The van der Waals surface area contributed by atoms with Crippen molar-refractivity contribution in [1.82, 2.24) is 10.2 Å². The van der Waals surface area contributed by atoms with E-state index in [9.17, 15) is 9.59 Å². The number of amides is 2. The van der Waals surface area contributed by atoms with Crippen molar-refractivity contribution in [3.63, 3.8) is 0 Å². The number of likely N-dealkylation sites (tertiary alicyclic amines) is 1. The molecule has 0 bridgehead atoms. The monoisotopic (exact) mass is 266 g/mol. The predicted molar refractivity (Wildman–Crippen MR) is 69.6 cm³/mol. The molecule has 2 amide bonds. The van der Waals surface area contributed by atoms with Crippen molar-refractivity contribution in [1.29, 1.82) is 0 Å². The van der Waals surface area contributed by atoms with E-state index in [1.54, 1.807) is 11.8 Å². The number of hydrogen-bond donors (Lipinski definition) is 2. The second-order valence-electron chi connectivity index (χ2n) is 6.44. The largest absolute Gasteiger partial charge is 0.481 e. The molecule has 19 heavy (non-hydrogen) atoms. The van der Waals surface area contributed by atoms with E-state index in [0.717, 1.165) is 0 Å². The number of rotatable bonds is 5. The number of carbonyl (C=O) groups excluding carboxylic acids is 1. The Bertz CT molecular complexity index is 372. The molecule has 3 rings (SSSR count). The molecule has 3 fully saturated rings. The van der Waals surface area contributed by atoms with Crippen LogP contribution in [0.4, 0.5) is 4.79 Å². The average molecular weight is 266 g/mol. The van der Waals surface area contributed by atoms with Crippen molar-refractivity contribution in [3.8, 4) is 0 Å². The first-order chi connectivity index (χ1) is 9.06. The van der Waals surface area contributed by atoms with E-state index < -0.39 is 5.97 Å². The lowest BCUT2D eigenvalue weighted by molar-refractivity contribution is -0.144. The predicted octanol–water partition coefficient (Wildman–Crippen LogP) is 1.54. The lowest BCUT2D eigenvalue weighted by Crippen LogP contribution is -2.58. The maximum absolute atomic E-state index is 12.1. The fraction of sp³-hybridized carbons (Fsp3) is 0.857. The number of carboxylic acids is 1. The summed E-state index contributed by atoms with van der Waals surface area (Å²) in [4.78, 5) is 24.7. The summed E-state index contributed by atoms with van der Waals surface area (Å²) in [7, 11) is 0. The zero-order valence-corrected chi connectivity index (χ0v) is 11.3. The van der Waals surface area contributed by atoms with Gasteiger partial charge in [0, 0.05) is 25.0 Å². The Morgan fingerprint density at radius 3 is 2.05 bits per heavy atom. The van der Waals surface area contributed by atoms with Crippen LogP contribution in [-0.2, 0) is 4.79 Å². The lowest BCUT2D eigenvalue weighted by Gasteiger charge is -2.41. The molecule has 5 heteroatoms. The molecule has 3 aliphatic rings. The van der Waals surface area contributed by atoms with Crippen LogP contribution in [0.1, 0.15) is 32.6 Å². The average Bonchev–Trinajstić information content (AvgIpc) is 3.14. The first kappa shape index (κ1) is 12.8. The smallest absolute Gasteiger partial charge is 0.317 e. The normalized spacial score (nSPS) is 25.1. The van der Waals surface area contributed by atoms with Gasteiger partial charge in [-0.3, -0.25) is 4.79 Å². The van der Waals surface area contributed by atoms with Gasteiger partial charge in [-0.25, -0.2) is 4.79 Å². The van der Waals surface area contributed by atoms with Gasteiger partial charge in [-0.2, -0.15) is 0 Å². The molecule has 1 heterocycles. The van der Waals surface area contributed by atoms with Gasteiger partial charge in [0.25, 0.3) is 0 Å². The minimum absolute atomic E-state index is 0.0117. The van der Waals surface area contributed by atoms with Gasteiger partial charge < -0.3 is 15.3 Å². The van der Waals surface area contributed by atoms with Gasteiger partial charge in [0.2, 0.25) is 0 Å². The van der Waals surface area contributed by atoms with Crippen molar-refractivity contribution in [2.24, 2.45) is 23.7 Å². The molecule has 0 radical (unpaired) electrons. The molecular weight excluding hydrogens is 244 g/mol. The Morgan fingerprint density at radius 2 is 1.63 bits per heavy atom. The summed E-state index contributed by atoms with van der Waals surface area (Å²) in [5, 5.41) is 12.1. The highest BCUT2D eigenvalue weighted by Gasteiger charge is 2.44. The van der Waals surface area contributed by atoms with E-state index in [1.165, 1.54) is 25.7 Å². The summed E-state index contributed by atoms with van der Waals surface area (Å²) in [5.41, 5.74) is 0. The minimum Gasteiger partial charge on any atom is -0.481 e. The number of carboxylic acid groups (broad SMARTS) is 1. The summed E-state index contributed by atoms with van der Waals surface area (Å²) in [6.07, 6.45) is 5.00. The van der Waals surface area contributed by atoms with Crippen LogP contribution >= 0.6 is 0 Å². The highest BCUT2D eigenvalue weighted by Crippen LogP contribution is 2.44. The molecule has 0 spiro atoms. The van der Waals surface area contributed by atoms with Crippen molar-refractivity contribution >= 4 is 12.0 Å². The van der Waals surface area contributed by atoms with Crippen LogP contribution in [0.2, 0.25) is 0 Å². The lowest BCUT2D eigenvalue weighted by atomic mass is 9.87. The summed E-state index contributed by atoms with van der Waals surface area (Å²) >= 11 is 0. The molecule has 2 aliphatic carbocycles. The standard InChI is InChI=1S/C14H22N2O3/c1-8(13(17)18)11-6-16(7-11)14(19)15-12(9-2-3-9)10-4-5-10/h8-12H,2-7H2,1H3,(H,15,19)(H,17,18). The van der Waals surface area contributed by atoms with E-state index in [0.29, 0.717) is 31.0 Å². The van der Waals surface area contributed by atoms with Gasteiger partial charge in [-0.15, -0.1) is 0 Å².